The summed E-state index contributed by atoms with van der Waals surface area (Å²) in [5, 5.41) is 13.3. The van der Waals surface area contributed by atoms with Gasteiger partial charge in [-0.15, -0.1) is 10.2 Å². The molecule has 1 aliphatic rings. The largest absolute Gasteiger partial charge is 0.335 e. The van der Waals surface area contributed by atoms with Crippen molar-refractivity contribution >= 4 is 39.6 Å². The maximum Gasteiger partial charge on any atom is 0.321 e. The number of nitrogens with zero attached hydrogens (tertiary/aromatic N) is 3. The third-order valence-electron chi connectivity index (χ3n) is 4.61. The lowest BCUT2D eigenvalue weighted by Crippen LogP contribution is -2.47. The zero-order valence-electron chi connectivity index (χ0n) is 15.5. The quantitative estimate of drug-likeness (QED) is 0.460. The summed E-state index contributed by atoms with van der Waals surface area (Å²) >= 11 is 4.61. The second kappa shape index (κ2) is 9.42. The molecule has 2 aromatic rings. The first-order valence-electron chi connectivity index (χ1n) is 9.19. The molecule has 10 heteroatoms. The summed E-state index contributed by atoms with van der Waals surface area (Å²) in [6.07, 6.45) is 5.34. The van der Waals surface area contributed by atoms with Crippen LogP contribution in [0.3, 0.4) is 0 Å². The zero-order valence-corrected chi connectivity index (χ0v) is 17.9. The molecule has 1 aromatic carbocycles. The Morgan fingerprint density at radius 2 is 1.96 bits per heavy atom. The summed E-state index contributed by atoms with van der Waals surface area (Å²) in [5.74, 6) is 6.20. The van der Waals surface area contributed by atoms with Crippen molar-refractivity contribution in [2.75, 3.05) is 5.84 Å². The number of hydrogen-bond donors (Lipinski definition) is 3. The lowest BCUT2D eigenvalue weighted by atomic mass is 9.96. The topological polar surface area (TPSA) is 115 Å². The Morgan fingerprint density at radius 3 is 2.68 bits per heavy atom. The first-order valence-corrected chi connectivity index (χ1v) is 10.9. The van der Waals surface area contributed by atoms with E-state index >= 15 is 0 Å². The van der Waals surface area contributed by atoms with Crippen LogP contribution in [0, 0.1) is 0 Å². The fourth-order valence-electron chi connectivity index (χ4n) is 3.08. The minimum absolute atomic E-state index is 0.142. The summed E-state index contributed by atoms with van der Waals surface area (Å²) in [5.41, 5.74) is 0.799. The fourth-order valence-corrected chi connectivity index (χ4v) is 4.31. The molecule has 28 heavy (non-hydrogen) atoms. The highest BCUT2D eigenvalue weighted by molar-refractivity contribution is 9.10. The number of nitrogens with two attached hydrogens (primary N) is 1. The number of benzene rings is 1. The molecule has 3 rings (SSSR count). The van der Waals surface area contributed by atoms with Crippen LogP contribution in [0.25, 0.3) is 11.4 Å². The Labute approximate surface area is 176 Å². The summed E-state index contributed by atoms with van der Waals surface area (Å²) in [6.45, 7) is 1.70. The lowest BCUT2D eigenvalue weighted by molar-refractivity contribution is -0.119. The molecule has 8 nitrogen and oxygen atoms in total. The number of nitrogens with one attached hydrogen (secondary N) is 2. The smallest absolute Gasteiger partial charge is 0.321 e. The third-order valence-corrected chi connectivity index (χ3v) is 6.36. The van der Waals surface area contributed by atoms with Gasteiger partial charge in [0, 0.05) is 16.1 Å². The monoisotopic (exact) mass is 466 g/mol. The van der Waals surface area contributed by atoms with Crippen LogP contribution in [-0.2, 0) is 4.79 Å². The van der Waals surface area contributed by atoms with Gasteiger partial charge in [0.15, 0.2) is 5.82 Å². The summed E-state index contributed by atoms with van der Waals surface area (Å²) in [4.78, 5) is 24.4. The number of aromatic nitrogens is 3. The third kappa shape index (κ3) is 5.05. The highest BCUT2D eigenvalue weighted by Crippen LogP contribution is 2.29. The van der Waals surface area contributed by atoms with E-state index in [1.807, 2.05) is 24.3 Å². The zero-order chi connectivity index (χ0) is 20.1. The predicted molar refractivity (Wildman–Crippen MR) is 112 cm³/mol. The van der Waals surface area contributed by atoms with Crippen molar-refractivity contribution in [3.63, 3.8) is 0 Å². The van der Waals surface area contributed by atoms with Gasteiger partial charge in [0.2, 0.25) is 11.1 Å². The maximum atomic E-state index is 12.3. The van der Waals surface area contributed by atoms with Crippen LogP contribution in [0.4, 0.5) is 4.79 Å². The van der Waals surface area contributed by atoms with E-state index in [1.165, 1.54) is 11.1 Å². The van der Waals surface area contributed by atoms with Crippen LogP contribution < -0.4 is 16.5 Å². The molecule has 0 radical (unpaired) electrons. The average Bonchev–Trinajstić information content (AvgIpc) is 3.03. The Hall–Kier alpha value is -2.07. The highest BCUT2D eigenvalue weighted by Gasteiger charge is 2.23. The SMILES string of the molecule is C[C@H](Sc1nnc(-c2ccccc2Br)n1N)C(=O)NC(=O)NC1CCCCC1. The minimum Gasteiger partial charge on any atom is -0.335 e. The van der Waals surface area contributed by atoms with Gasteiger partial charge in [-0.25, -0.2) is 9.47 Å². The molecule has 1 atom stereocenters. The molecular weight excluding hydrogens is 444 g/mol. The molecule has 3 amide bonds. The fraction of sp³-hybridized carbons (Fsp3) is 0.444. The molecule has 1 fully saturated rings. The number of imide groups is 1. The number of thioether (sulfide) groups is 1. The predicted octanol–water partition coefficient (Wildman–Crippen LogP) is 3.06. The number of halogens is 1. The molecule has 1 saturated carbocycles. The van der Waals surface area contributed by atoms with Crippen LogP contribution in [0.1, 0.15) is 39.0 Å². The molecule has 1 aromatic heterocycles. The second-order valence-corrected chi connectivity index (χ2v) is 8.88. The minimum atomic E-state index is -0.560. The standard InChI is InChI=1S/C18H23BrN6O2S/c1-11(16(26)22-17(27)21-12-7-3-2-4-8-12)28-18-24-23-15(25(18)20)13-9-5-6-10-14(13)19/h5-6,9-12H,2-4,7-8,20H2,1H3,(H2,21,22,26,27)/t11-/m0/s1. The Bertz CT molecular complexity index is 852. The van der Waals surface area contributed by atoms with Crippen molar-refractivity contribution in [3.05, 3.63) is 28.7 Å². The summed E-state index contributed by atoms with van der Waals surface area (Å²) < 4.78 is 2.19. The van der Waals surface area contributed by atoms with Gasteiger partial charge in [-0.1, -0.05) is 59.1 Å². The van der Waals surface area contributed by atoms with Gasteiger partial charge >= 0.3 is 6.03 Å². The van der Waals surface area contributed by atoms with Crippen LogP contribution in [0.15, 0.2) is 33.9 Å². The number of urea groups is 1. The van der Waals surface area contributed by atoms with Crippen LogP contribution in [0.5, 0.6) is 0 Å². The normalized spacial score (nSPS) is 15.8. The molecule has 0 saturated heterocycles. The van der Waals surface area contributed by atoms with Crippen molar-refractivity contribution in [3.8, 4) is 11.4 Å². The molecule has 0 aliphatic heterocycles. The van der Waals surface area contributed by atoms with Crippen molar-refractivity contribution < 1.29 is 9.59 Å². The Kier molecular flexibility index (Phi) is 6.95. The van der Waals surface area contributed by atoms with Crippen molar-refractivity contribution in [1.82, 2.24) is 25.5 Å². The number of hydrogen-bond acceptors (Lipinski definition) is 6. The van der Waals surface area contributed by atoms with Gasteiger partial charge in [-0.05, 0) is 31.9 Å². The number of carbonyl (C=O) groups is 2. The summed E-state index contributed by atoms with van der Waals surface area (Å²) in [7, 11) is 0. The average molecular weight is 467 g/mol. The maximum absolute atomic E-state index is 12.3. The number of amides is 3. The van der Waals surface area contributed by atoms with E-state index in [4.69, 9.17) is 5.84 Å². The van der Waals surface area contributed by atoms with Crippen molar-refractivity contribution in [2.24, 2.45) is 0 Å². The Morgan fingerprint density at radius 1 is 1.25 bits per heavy atom. The van der Waals surface area contributed by atoms with E-state index in [-0.39, 0.29) is 6.04 Å². The van der Waals surface area contributed by atoms with Crippen LogP contribution in [-0.4, -0.2) is 38.1 Å². The highest BCUT2D eigenvalue weighted by atomic mass is 79.9. The first-order chi connectivity index (χ1) is 13.5. The van der Waals surface area contributed by atoms with Gasteiger partial charge in [-0.2, -0.15) is 0 Å². The van der Waals surface area contributed by atoms with Gasteiger partial charge < -0.3 is 11.2 Å². The Balaban J connectivity index is 1.58. The molecule has 1 heterocycles. The first kappa shape index (κ1) is 20.7. The van der Waals surface area contributed by atoms with Gasteiger partial charge in [0.1, 0.15) is 0 Å². The van der Waals surface area contributed by atoms with Crippen LogP contribution >= 0.6 is 27.7 Å². The van der Waals surface area contributed by atoms with Gasteiger partial charge in [0.25, 0.3) is 0 Å². The molecule has 4 N–H and O–H groups in total. The van der Waals surface area contributed by atoms with Gasteiger partial charge in [-0.3, -0.25) is 10.1 Å². The van der Waals surface area contributed by atoms with E-state index in [2.05, 4.69) is 36.8 Å². The van der Waals surface area contributed by atoms with Crippen molar-refractivity contribution in [1.29, 1.82) is 0 Å². The van der Waals surface area contributed by atoms with Crippen LogP contribution in [0.2, 0.25) is 0 Å². The molecule has 1 aliphatic carbocycles. The summed E-state index contributed by atoms with van der Waals surface area (Å²) in [6, 6.07) is 7.22. The number of carbonyl (C=O) groups excluding carboxylic acids is 2. The number of rotatable bonds is 5. The lowest BCUT2D eigenvalue weighted by Gasteiger charge is -2.22. The van der Waals surface area contributed by atoms with Crippen molar-refractivity contribution in [2.45, 2.75) is 55.5 Å². The molecular formula is C18H23BrN6O2S. The van der Waals surface area contributed by atoms with E-state index in [0.717, 1.165) is 47.5 Å². The molecule has 0 spiro atoms. The second-order valence-electron chi connectivity index (χ2n) is 6.71. The van der Waals surface area contributed by atoms with E-state index in [1.54, 1.807) is 6.92 Å². The molecule has 150 valence electrons. The number of nitrogen functional groups attached to an aromatic ring is 1. The van der Waals surface area contributed by atoms with E-state index in [0.29, 0.717) is 11.0 Å². The van der Waals surface area contributed by atoms with E-state index < -0.39 is 17.2 Å². The van der Waals surface area contributed by atoms with Gasteiger partial charge in [0.05, 0.1) is 5.25 Å². The molecule has 0 bridgehead atoms. The molecule has 0 unspecified atom stereocenters. The van der Waals surface area contributed by atoms with E-state index in [9.17, 15) is 9.59 Å².